The van der Waals surface area contributed by atoms with E-state index in [4.69, 9.17) is 5.73 Å². The van der Waals surface area contributed by atoms with Gasteiger partial charge in [-0.25, -0.2) is 16.8 Å². The van der Waals surface area contributed by atoms with Crippen LogP contribution >= 0.6 is 0 Å². The van der Waals surface area contributed by atoms with Crippen molar-refractivity contribution >= 4 is 31.2 Å². The van der Waals surface area contributed by atoms with Crippen LogP contribution < -0.4 is 10.0 Å². The fraction of sp³-hybridized carbons (Fsp3) is 0.400. The van der Waals surface area contributed by atoms with Gasteiger partial charge in [0, 0.05) is 13.3 Å². The maximum atomic E-state index is 11.9. The number of para-hydroxylation sites is 2. The lowest BCUT2D eigenvalue weighted by Crippen LogP contribution is -2.32. The van der Waals surface area contributed by atoms with E-state index in [1.54, 1.807) is 24.3 Å². The Morgan fingerprint density at radius 1 is 1.11 bits per heavy atom. The van der Waals surface area contributed by atoms with Crippen LogP contribution in [0.2, 0.25) is 0 Å². The summed E-state index contributed by atoms with van der Waals surface area (Å²) in [7, 11) is -5.66. The van der Waals surface area contributed by atoms with Gasteiger partial charge < -0.3 is 5.73 Å². The van der Waals surface area contributed by atoms with Crippen LogP contribution in [-0.4, -0.2) is 41.6 Å². The Balaban J connectivity index is 2.96. The molecule has 2 N–H and O–H groups in total. The van der Waals surface area contributed by atoms with E-state index in [1.807, 2.05) is 0 Å². The minimum Gasteiger partial charge on any atom is -0.397 e. The molecule has 1 aromatic carbocycles. The van der Waals surface area contributed by atoms with E-state index in [1.165, 1.54) is 7.05 Å². The first kappa shape index (κ1) is 14.8. The summed E-state index contributed by atoms with van der Waals surface area (Å²) in [5.41, 5.74) is 6.34. The second-order valence-corrected chi connectivity index (χ2v) is 8.35. The van der Waals surface area contributed by atoms with Crippen LogP contribution in [0.4, 0.5) is 11.4 Å². The molecule has 0 heterocycles. The summed E-state index contributed by atoms with van der Waals surface area (Å²) in [6, 6.07) is 6.50. The number of anilines is 2. The highest BCUT2D eigenvalue weighted by atomic mass is 32.2. The number of sulfone groups is 1. The van der Waals surface area contributed by atoms with Gasteiger partial charge >= 0.3 is 0 Å². The van der Waals surface area contributed by atoms with Gasteiger partial charge in [-0.3, -0.25) is 4.31 Å². The molecule has 0 fully saturated rings. The molecule has 0 aliphatic heterocycles. The number of nitrogens with zero attached hydrogens (tertiary/aromatic N) is 1. The Hall–Kier alpha value is -1.28. The average Bonchev–Trinajstić information content (AvgIpc) is 2.25. The number of benzene rings is 1. The summed E-state index contributed by atoms with van der Waals surface area (Å²) in [6.45, 7) is 0. The van der Waals surface area contributed by atoms with E-state index in [9.17, 15) is 16.8 Å². The SMILES string of the molecule is CN(c1ccccc1N)S(=O)(=O)CCS(C)(=O)=O. The smallest absolute Gasteiger partial charge is 0.235 e. The van der Waals surface area contributed by atoms with Gasteiger partial charge in [-0.15, -0.1) is 0 Å². The van der Waals surface area contributed by atoms with E-state index >= 15 is 0 Å². The fourth-order valence-electron chi connectivity index (χ4n) is 1.32. The van der Waals surface area contributed by atoms with Crippen molar-refractivity contribution in [2.45, 2.75) is 0 Å². The molecular weight excluding hydrogens is 276 g/mol. The molecule has 0 unspecified atom stereocenters. The van der Waals surface area contributed by atoms with Crippen molar-refractivity contribution in [1.82, 2.24) is 0 Å². The molecule has 0 amide bonds. The molecule has 18 heavy (non-hydrogen) atoms. The molecule has 0 radical (unpaired) electrons. The Kier molecular flexibility index (Phi) is 4.23. The summed E-state index contributed by atoms with van der Waals surface area (Å²) in [5, 5.41) is 0. The van der Waals surface area contributed by atoms with Crippen molar-refractivity contribution < 1.29 is 16.8 Å². The van der Waals surface area contributed by atoms with E-state index in [0.717, 1.165) is 10.6 Å². The topological polar surface area (TPSA) is 97.5 Å². The first-order valence-electron chi connectivity index (χ1n) is 5.12. The largest absolute Gasteiger partial charge is 0.397 e. The van der Waals surface area contributed by atoms with Crippen LogP contribution in [-0.2, 0) is 19.9 Å². The predicted molar refractivity (Wildman–Crippen MR) is 72.8 cm³/mol. The standard InChI is InChI=1S/C10H16N2O4S2/c1-12(10-6-4-3-5-9(10)11)18(15,16)8-7-17(2,13)14/h3-6H,7-8,11H2,1-2H3. The van der Waals surface area contributed by atoms with Gasteiger partial charge in [0.2, 0.25) is 10.0 Å². The zero-order chi connectivity index (χ0) is 14.0. The number of rotatable bonds is 5. The van der Waals surface area contributed by atoms with Gasteiger partial charge in [-0.05, 0) is 12.1 Å². The summed E-state index contributed by atoms with van der Waals surface area (Å²) in [4.78, 5) is 0. The molecule has 0 saturated heterocycles. The molecule has 102 valence electrons. The third kappa shape index (κ3) is 3.88. The van der Waals surface area contributed by atoms with Crippen molar-refractivity contribution in [3.8, 4) is 0 Å². The van der Waals surface area contributed by atoms with Crippen molar-refractivity contribution in [1.29, 1.82) is 0 Å². The Morgan fingerprint density at radius 2 is 1.67 bits per heavy atom. The Labute approximate surface area is 107 Å². The van der Waals surface area contributed by atoms with Gasteiger partial charge in [-0.2, -0.15) is 0 Å². The number of nitrogens with two attached hydrogens (primary N) is 1. The maximum Gasteiger partial charge on any atom is 0.235 e. The van der Waals surface area contributed by atoms with Crippen LogP contribution in [0.1, 0.15) is 0 Å². The van der Waals surface area contributed by atoms with Crippen molar-refractivity contribution in [2.24, 2.45) is 0 Å². The summed E-state index contributed by atoms with van der Waals surface area (Å²) >= 11 is 0. The molecule has 0 aromatic heterocycles. The third-order valence-corrected chi connectivity index (χ3v) is 5.36. The predicted octanol–water partition coefficient (Wildman–Crippen LogP) is 0.0794. The lowest BCUT2D eigenvalue weighted by Gasteiger charge is -2.20. The van der Waals surface area contributed by atoms with Crippen LogP contribution in [0, 0.1) is 0 Å². The van der Waals surface area contributed by atoms with Gasteiger partial charge in [0.15, 0.2) is 0 Å². The van der Waals surface area contributed by atoms with E-state index < -0.39 is 31.4 Å². The molecule has 1 aromatic rings. The van der Waals surface area contributed by atoms with Gasteiger partial charge in [-0.1, -0.05) is 12.1 Å². The van der Waals surface area contributed by atoms with Gasteiger partial charge in [0.25, 0.3) is 0 Å². The Bertz CT molecular complexity index is 623. The second-order valence-electron chi connectivity index (χ2n) is 3.97. The van der Waals surface area contributed by atoms with Gasteiger partial charge in [0.05, 0.1) is 22.9 Å². The molecule has 0 aliphatic carbocycles. The van der Waals surface area contributed by atoms with E-state index in [-0.39, 0.29) is 0 Å². The first-order valence-corrected chi connectivity index (χ1v) is 8.79. The zero-order valence-electron chi connectivity index (χ0n) is 10.2. The average molecular weight is 292 g/mol. The molecule has 1 rings (SSSR count). The number of hydrogen-bond acceptors (Lipinski definition) is 5. The minimum absolute atomic E-state index is 0.322. The number of hydrogen-bond donors (Lipinski definition) is 1. The molecule has 0 saturated carbocycles. The normalized spacial score (nSPS) is 12.3. The molecule has 0 spiro atoms. The third-order valence-electron chi connectivity index (χ3n) is 2.41. The fourth-order valence-corrected chi connectivity index (χ4v) is 4.11. The highest BCUT2D eigenvalue weighted by Gasteiger charge is 2.21. The summed E-state index contributed by atoms with van der Waals surface area (Å²) in [6.07, 6.45) is 0.999. The van der Waals surface area contributed by atoms with Crippen LogP contribution in [0.25, 0.3) is 0 Å². The van der Waals surface area contributed by atoms with E-state index in [2.05, 4.69) is 0 Å². The highest BCUT2D eigenvalue weighted by Crippen LogP contribution is 2.23. The molecule has 0 atom stereocenters. The van der Waals surface area contributed by atoms with Crippen molar-refractivity contribution in [3.05, 3.63) is 24.3 Å². The molecule has 6 nitrogen and oxygen atoms in total. The number of nitrogen functional groups attached to an aromatic ring is 1. The van der Waals surface area contributed by atoms with Crippen LogP contribution in [0.5, 0.6) is 0 Å². The van der Waals surface area contributed by atoms with Crippen LogP contribution in [0.3, 0.4) is 0 Å². The number of sulfonamides is 1. The summed E-state index contributed by atoms with van der Waals surface area (Å²) < 4.78 is 46.9. The van der Waals surface area contributed by atoms with Crippen LogP contribution in [0.15, 0.2) is 24.3 Å². The zero-order valence-corrected chi connectivity index (χ0v) is 11.8. The molecule has 0 aliphatic rings. The molecular formula is C10H16N2O4S2. The molecule has 0 bridgehead atoms. The highest BCUT2D eigenvalue weighted by molar-refractivity contribution is 7.95. The second kappa shape index (κ2) is 5.15. The maximum absolute atomic E-state index is 11.9. The molecule has 8 heteroatoms. The monoisotopic (exact) mass is 292 g/mol. The Morgan fingerprint density at radius 3 is 2.17 bits per heavy atom. The summed E-state index contributed by atoms with van der Waals surface area (Å²) in [5.74, 6) is -0.872. The van der Waals surface area contributed by atoms with Gasteiger partial charge in [0.1, 0.15) is 9.84 Å². The van der Waals surface area contributed by atoms with Crippen molar-refractivity contribution in [2.75, 3.05) is 34.8 Å². The minimum atomic E-state index is -3.69. The lowest BCUT2D eigenvalue weighted by atomic mass is 10.3. The van der Waals surface area contributed by atoms with Crippen molar-refractivity contribution in [3.63, 3.8) is 0 Å². The lowest BCUT2D eigenvalue weighted by molar-refractivity contribution is 0.589. The van der Waals surface area contributed by atoms with E-state index in [0.29, 0.717) is 11.4 Å². The quantitative estimate of drug-likeness (QED) is 0.775. The first-order chi connectivity index (χ1) is 8.13.